The van der Waals surface area contributed by atoms with Crippen LogP contribution < -0.4 is 21.3 Å². The smallest absolute Gasteiger partial charge is 0.322 e. The van der Waals surface area contributed by atoms with Crippen LogP contribution in [0.4, 0.5) is 21.6 Å². The molecule has 2 aromatic carbocycles. The van der Waals surface area contributed by atoms with E-state index < -0.39 is 5.69 Å². The first-order chi connectivity index (χ1) is 14.0. The Morgan fingerprint density at radius 2 is 1.97 bits per heavy atom. The summed E-state index contributed by atoms with van der Waals surface area (Å²) in [5.74, 6) is 0.303. The SMILES string of the molecule is C=c1[nH]c(=O)nc2c1=Nc1cc(CC)c(C)cc1N2CCCc1ccc(F)cc1. The van der Waals surface area contributed by atoms with Crippen molar-refractivity contribution in [3.63, 3.8) is 0 Å². The van der Waals surface area contributed by atoms with E-state index in [9.17, 15) is 9.18 Å². The zero-order chi connectivity index (χ0) is 20.5. The topological polar surface area (TPSA) is 61.4 Å². The van der Waals surface area contributed by atoms with Crippen molar-refractivity contribution in [2.45, 2.75) is 33.1 Å². The van der Waals surface area contributed by atoms with Crippen molar-refractivity contribution < 1.29 is 4.39 Å². The normalized spacial score (nSPS) is 12.3. The van der Waals surface area contributed by atoms with E-state index in [1.807, 2.05) is 0 Å². The maximum atomic E-state index is 13.1. The van der Waals surface area contributed by atoms with E-state index in [1.165, 1.54) is 23.3 Å². The molecule has 29 heavy (non-hydrogen) atoms. The highest BCUT2D eigenvalue weighted by Crippen LogP contribution is 2.37. The molecular weight excluding hydrogens is 367 g/mol. The average molecular weight is 390 g/mol. The summed E-state index contributed by atoms with van der Waals surface area (Å²) in [6, 6.07) is 10.8. The fraction of sp³-hybridized carbons (Fsp3) is 0.261. The minimum absolute atomic E-state index is 0.233. The minimum atomic E-state index is -0.433. The van der Waals surface area contributed by atoms with Gasteiger partial charge in [-0.3, -0.25) is 0 Å². The summed E-state index contributed by atoms with van der Waals surface area (Å²) in [7, 11) is 0. The predicted molar refractivity (Wildman–Crippen MR) is 113 cm³/mol. The molecule has 0 unspecified atom stereocenters. The molecule has 0 spiro atoms. The van der Waals surface area contributed by atoms with Gasteiger partial charge in [-0.25, -0.2) is 14.2 Å². The lowest BCUT2D eigenvalue weighted by Gasteiger charge is -2.29. The molecule has 5 nitrogen and oxygen atoms in total. The van der Waals surface area contributed by atoms with E-state index in [1.54, 1.807) is 12.1 Å². The highest BCUT2D eigenvalue weighted by molar-refractivity contribution is 5.77. The van der Waals surface area contributed by atoms with Crippen molar-refractivity contribution in [3.05, 3.63) is 80.1 Å². The van der Waals surface area contributed by atoms with Crippen LogP contribution in [-0.2, 0) is 12.8 Å². The lowest BCUT2D eigenvalue weighted by atomic mass is 10.0. The van der Waals surface area contributed by atoms with Gasteiger partial charge in [-0.1, -0.05) is 25.6 Å². The monoisotopic (exact) mass is 390 g/mol. The van der Waals surface area contributed by atoms with Gasteiger partial charge in [0.2, 0.25) is 0 Å². The Balaban J connectivity index is 1.73. The Kier molecular flexibility index (Phi) is 5.01. The summed E-state index contributed by atoms with van der Waals surface area (Å²) in [6.07, 6.45) is 2.54. The third kappa shape index (κ3) is 3.70. The summed E-state index contributed by atoms with van der Waals surface area (Å²) in [5, 5.41) is 1.07. The standard InChI is InChI=1S/C23H23FN4O/c1-4-17-13-19-20(12-14(17)2)28(11-5-6-16-7-9-18(24)10-8-16)22-21(26-19)15(3)25-23(29)27-22/h7-10,12-13H,3-6,11H2,1-2H3,(H,25,29). The molecule has 1 aromatic heterocycles. The zero-order valence-electron chi connectivity index (χ0n) is 16.6. The molecule has 2 heterocycles. The summed E-state index contributed by atoms with van der Waals surface area (Å²) in [4.78, 5) is 25.6. The van der Waals surface area contributed by atoms with Gasteiger partial charge in [0, 0.05) is 6.54 Å². The van der Waals surface area contributed by atoms with Gasteiger partial charge in [0.15, 0.2) is 5.82 Å². The lowest BCUT2D eigenvalue weighted by molar-refractivity contribution is 0.626. The first-order valence-corrected chi connectivity index (χ1v) is 9.79. The molecule has 0 amide bonds. The van der Waals surface area contributed by atoms with Crippen LogP contribution in [0.1, 0.15) is 30.0 Å². The third-order valence-electron chi connectivity index (χ3n) is 5.32. The van der Waals surface area contributed by atoms with Crippen LogP contribution >= 0.6 is 0 Å². The number of rotatable bonds is 5. The lowest BCUT2D eigenvalue weighted by Crippen LogP contribution is -2.42. The Bertz CT molecular complexity index is 1230. The van der Waals surface area contributed by atoms with Crippen LogP contribution in [0.2, 0.25) is 0 Å². The molecule has 1 aliphatic rings. The maximum absolute atomic E-state index is 13.1. The van der Waals surface area contributed by atoms with Crippen LogP contribution in [0.15, 0.2) is 46.2 Å². The van der Waals surface area contributed by atoms with Crippen LogP contribution in [0.3, 0.4) is 0 Å². The van der Waals surface area contributed by atoms with Gasteiger partial charge in [-0.2, -0.15) is 4.98 Å². The van der Waals surface area contributed by atoms with Crippen molar-refractivity contribution in [1.29, 1.82) is 0 Å². The number of halogens is 1. The number of fused-ring (bicyclic) bond motifs is 2. The number of hydrogen-bond acceptors (Lipinski definition) is 4. The number of hydrogen-bond donors (Lipinski definition) is 1. The average Bonchev–Trinajstić information content (AvgIpc) is 2.69. The van der Waals surface area contributed by atoms with Crippen LogP contribution in [-0.4, -0.2) is 16.5 Å². The van der Waals surface area contributed by atoms with E-state index in [0.717, 1.165) is 36.2 Å². The zero-order valence-corrected chi connectivity index (χ0v) is 16.6. The molecule has 0 saturated heterocycles. The first kappa shape index (κ1) is 19.1. The molecule has 148 valence electrons. The number of aromatic amines is 1. The number of aromatic nitrogens is 2. The van der Waals surface area contributed by atoms with Gasteiger partial charge in [-0.05, 0) is 67.1 Å². The van der Waals surface area contributed by atoms with Crippen molar-refractivity contribution in [1.82, 2.24) is 9.97 Å². The molecule has 4 rings (SSSR count). The number of benzene rings is 2. The fourth-order valence-electron chi connectivity index (χ4n) is 3.77. The van der Waals surface area contributed by atoms with Crippen molar-refractivity contribution >= 4 is 23.8 Å². The van der Waals surface area contributed by atoms with Gasteiger partial charge in [0.1, 0.15) is 11.2 Å². The largest absolute Gasteiger partial charge is 0.347 e. The van der Waals surface area contributed by atoms with Crippen LogP contribution in [0, 0.1) is 12.7 Å². The molecule has 0 aliphatic carbocycles. The van der Waals surface area contributed by atoms with E-state index in [4.69, 9.17) is 4.99 Å². The second-order valence-corrected chi connectivity index (χ2v) is 7.31. The molecule has 0 radical (unpaired) electrons. The Hall–Kier alpha value is -3.28. The molecule has 1 N–H and O–H groups in total. The Morgan fingerprint density at radius 3 is 2.69 bits per heavy atom. The number of anilines is 2. The van der Waals surface area contributed by atoms with E-state index in [-0.39, 0.29) is 5.82 Å². The molecule has 0 fully saturated rings. The maximum Gasteiger partial charge on any atom is 0.347 e. The number of H-pyrrole nitrogens is 1. The molecular formula is C23H23FN4O. The summed E-state index contributed by atoms with van der Waals surface area (Å²) >= 11 is 0. The molecule has 0 atom stereocenters. The number of nitrogens with zero attached hydrogens (tertiary/aromatic N) is 3. The van der Waals surface area contributed by atoms with Crippen LogP contribution in [0.25, 0.3) is 6.58 Å². The summed E-state index contributed by atoms with van der Waals surface area (Å²) in [6.45, 7) is 8.82. The highest BCUT2D eigenvalue weighted by Gasteiger charge is 2.23. The van der Waals surface area contributed by atoms with Gasteiger partial charge >= 0.3 is 5.69 Å². The third-order valence-corrected chi connectivity index (χ3v) is 5.32. The van der Waals surface area contributed by atoms with Crippen LogP contribution in [0.5, 0.6) is 0 Å². The van der Waals surface area contributed by atoms with Crippen molar-refractivity contribution in [2.24, 2.45) is 4.99 Å². The second-order valence-electron chi connectivity index (χ2n) is 7.31. The minimum Gasteiger partial charge on any atom is -0.322 e. The summed E-state index contributed by atoms with van der Waals surface area (Å²) < 4.78 is 13.1. The molecule has 1 aliphatic heterocycles. The number of aryl methyl sites for hydroxylation is 3. The molecule has 6 heteroatoms. The molecule has 0 saturated carbocycles. The Labute approximate surface area is 168 Å². The second kappa shape index (κ2) is 7.62. The quantitative estimate of drug-likeness (QED) is 0.728. The van der Waals surface area contributed by atoms with E-state index in [0.29, 0.717) is 23.1 Å². The first-order valence-electron chi connectivity index (χ1n) is 9.79. The fourth-order valence-corrected chi connectivity index (χ4v) is 3.77. The van der Waals surface area contributed by atoms with Crippen molar-refractivity contribution in [3.8, 4) is 0 Å². The van der Waals surface area contributed by atoms with Gasteiger partial charge < -0.3 is 9.88 Å². The summed E-state index contributed by atoms with van der Waals surface area (Å²) in [5.41, 5.74) is 4.88. The van der Waals surface area contributed by atoms with E-state index in [2.05, 4.69) is 47.4 Å². The van der Waals surface area contributed by atoms with Gasteiger partial charge in [0.25, 0.3) is 0 Å². The number of nitrogens with one attached hydrogen (secondary N) is 1. The van der Waals surface area contributed by atoms with E-state index >= 15 is 0 Å². The Morgan fingerprint density at radius 1 is 1.21 bits per heavy atom. The van der Waals surface area contributed by atoms with Crippen molar-refractivity contribution in [2.75, 3.05) is 11.4 Å². The highest BCUT2D eigenvalue weighted by atomic mass is 19.1. The molecule has 3 aromatic rings. The predicted octanol–water partition coefficient (Wildman–Crippen LogP) is 3.23. The van der Waals surface area contributed by atoms with Gasteiger partial charge in [-0.15, -0.1) is 0 Å². The van der Waals surface area contributed by atoms with Gasteiger partial charge in [0.05, 0.1) is 16.7 Å². The molecule has 0 bridgehead atoms.